The van der Waals surface area contributed by atoms with Crippen LogP contribution in [0.2, 0.25) is 0 Å². The molecule has 204 valence electrons. The number of nitrogens with zero attached hydrogens (tertiary/aromatic N) is 1. The Morgan fingerprint density at radius 3 is 2.28 bits per heavy atom. The van der Waals surface area contributed by atoms with Gasteiger partial charge in [0.25, 0.3) is 11.8 Å². The van der Waals surface area contributed by atoms with Crippen molar-refractivity contribution < 1.29 is 14.7 Å². The zero-order valence-corrected chi connectivity index (χ0v) is 23.4. The van der Waals surface area contributed by atoms with Crippen LogP contribution in [0.15, 0.2) is 18.2 Å². The molecule has 3 N–H and O–H groups in total. The fourth-order valence-electron chi connectivity index (χ4n) is 5.20. The molecule has 0 unspecified atom stereocenters. The van der Waals surface area contributed by atoms with Crippen molar-refractivity contribution in [1.82, 2.24) is 15.5 Å². The highest BCUT2D eigenvalue weighted by atomic mass is 16.3. The molecule has 0 radical (unpaired) electrons. The molecular formula is C30H51N3O3. The summed E-state index contributed by atoms with van der Waals surface area (Å²) in [6.07, 6.45) is 9.04. The Kier molecular flexibility index (Phi) is 13.5. The van der Waals surface area contributed by atoms with Crippen LogP contribution in [-0.2, 0) is 0 Å². The van der Waals surface area contributed by atoms with Crippen LogP contribution in [0.5, 0.6) is 0 Å². The molecule has 0 aliphatic heterocycles. The second kappa shape index (κ2) is 16.0. The smallest absolute Gasteiger partial charge is 0.253 e. The molecule has 0 heterocycles. The first-order valence-corrected chi connectivity index (χ1v) is 14.4. The topological polar surface area (TPSA) is 81.7 Å². The zero-order valence-electron chi connectivity index (χ0n) is 23.4. The van der Waals surface area contributed by atoms with Gasteiger partial charge in [-0.05, 0) is 74.8 Å². The van der Waals surface area contributed by atoms with E-state index >= 15 is 0 Å². The number of aliphatic hydroxyl groups excluding tert-OH is 1. The van der Waals surface area contributed by atoms with E-state index in [1.165, 1.54) is 19.3 Å². The van der Waals surface area contributed by atoms with E-state index in [0.29, 0.717) is 42.6 Å². The maximum Gasteiger partial charge on any atom is 0.253 e. The summed E-state index contributed by atoms with van der Waals surface area (Å²) in [6, 6.07) is 5.10. The average molecular weight is 502 g/mol. The van der Waals surface area contributed by atoms with E-state index in [1.54, 1.807) is 6.07 Å². The van der Waals surface area contributed by atoms with Crippen LogP contribution in [-0.4, -0.2) is 60.1 Å². The number of nitrogens with one attached hydrogen (secondary N) is 2. The summed E-state index contributed by atoms with van der Waals surface area (Å²) in [4.78, 5) is 28.5. The van der Waals surface area contributed by atoms with Gasteiger partial charge in [0, 0.05) is 30.8 Å². The molecule has 1 fully saturated rings. The largest absolute Gasteiger partial charge is 0.390 e. The fraction of sp³-hybridized carbons (Fsp3) is 0.733. The monoisotopic (exact) mass is 501 g/mol. The lowest BCUT2D eigenvalue weighted by molar-refractivity contribution is 0.0755. The number of aryl methyl sites for hydroxylation is 1. The Balaban J connectivity index is 2.15. The first-order chi connectivity index (χ1) is 17.2. The number of amides is 2. The summed E-state index contributed by atoms with van der Waals surface area (Å²) < 4.78 is 0. The van der Waals surface area contributed by atoms with Crippen molar-refractivity contribution in [3.8, 4) is 0 Å². The SMILES string of the molecule is CCCN(CCC)C(=O)c1cc(C)cc(C(=O)N[C@@H](CC2CCCCC2)[C@H](O)CNCCC(C)C)c1. The number of hydrogen-bond donors (Lipinski definition) is 3. The van der Waals surface area contributed by atoms with Gasteiger partial charge in [0.1, 0.15) is 0 Å². The van der Waals surface area contributed by atoms with Crippen molar-refractivity contribution in [3.63, 3.8) is 0 Å². The molecule has 1 aromatic rings. The number of hydrogen-bond acceptors (Lipinski definition) is 4. The van der Waals surface area contributed by atoms with Crippen molar-refractivity contribution in [2.75, 3.05) is 26.2 Å². The Morgan fingerprint density at radius 2 is 1.67 bits per heavy atom. The summed E-state index contributed by atoms with van der Waals surface area (Å²) >= 11 is 0. The predicted octanol–water partition coefficient (Wildman–Crippen LogP) is 5.32. The molecule has 36 heavy (non-hydrogen) atoms. The number of aliphatic hydroxyl groups is 1. The van der Waals surface area contributed by atoms with Gasteiger partial charge in [-0.25, -0.2) is 0 Å². The molecule has 1 aromatic carbocycles. The van der Waals surface area contributed by atoms with Gasteiger partial charge < -0.3 is 20.6 Å². The van der Waals surface area contributed by atoms with Gasteiger partial charge in [0.15, 0.2) is 0 Å². The van der Waals surface area contributed by atoms with Crippen molar-refractivity contribution in [2.24, 2.45) is 11.8 Å². The minimum atomic E-state index is -0.654. The third-order valence-electron chi connectivity index (χ3n) is 7.21. The molecule has 2 rings (SSSR count). The molecule has 6 heteroatoms. The van der Waals surface area contributed by atoms with Gasteiger partial charge in [-0.1, -0.05) is 59.8 Å². The van der Waals surface area contributed by atoms with Crippen molar-refractivity contribution >= 4 is 11.8 Å². The molecule has 0 aromatic heterocycles. The summed E-state index contributed by atoms with van der Waals surface area (Å²) in [5.74, 6) is 0.897. The molecule has 1 saturated carbocycles. The summed E-state index contributed by atoms with van der Waals surface area (Å²) in [5.41, 5.74) is 1.93. The first kappa shape index (κ1) is 30.3. The number of benzene rings is 1. The molecular weight excluding hydrogens is 450 g/mol. The Labute approximate surface area is 219 Å². The molecule has 1 aliphatic carbocycles. The third-order valence-corrected chi connectivity index (χ3v) is 7.21. The highest BCUT2D eigenvalue weighted by Crippen LogP contribution is 2.28. The average Bonchev–Trinajstić information content (AvgIpc) is 2.85. The van der Waals surface area contributed by atoms with Gasteiger partial charge in [-0.2, -0.15) is 0 Å². The van der Waals surface area contributed by atoms with Crippen LogP contribution in [0.25, 0.3) is 0 Å². The summed E-state index contributed by atoms with van der Waals surface area (Å²) in [5, 5.41) is 17.6. The van der Waals surface area contributed by atoms with Crippen LogP contribution in [0.4, 0.5) is 0 Å². The standard InChI is InChI=1S/C30H51N3O3/c1-6-15-33(16-7-2)30(36)26-18-23(5)17-25(20-26)29(35)32-27(19-24-11-9-8-10-12-24)28(34)21-31-14-13-22(3)4/h17-18,20,22,24,27-28,31,34H,6-16,19,21H2,1-5H3,(H,32,35)/t27-,28+/m0/s1. The Bertz CT molecular complexity index is 799. The Morgan fingerprint density at radius 1 is 1.03 bits per heavy atom. The highest BCUT2D eigenvalue weighted by molar-refractivity contribution is 6.00. The highest BCUT2D eigenvalue weighted by Gasteiger charge is 2.27. The van der Waals surface area contributed by atoms with E-state index in [9.17, 15) is 14.7 Å². The van der Waals surface area contributed by atoms with Gasteiger partial charge in [-0.15, -0.1) is 0 Å². The van der Waals surface area contributed by atoms with Crippen molar-refractivity contribution in [1.29, 1.82) is 0 Å². The van der Waals surface area contributed by atoms with E-state index in [1.807, 2.05) is 24.0 Å². The second-order valence-electron chi connectivity index (χ2n) is 11.2. The minimum absolute atomic E-state index is 0.0235. The van der Waals surface area contributed by atoms with Gasteiger partial charge in [0.2, 0.25) is 0 Å². The molecule has 2 atom stereocenters. The lowest BCUT2D eigenvalue weighted by Gasteiger charge is -2.30. The first-order valence-electron chi connectivity index (χ1n) is 14.4. The van der Waals surface area contributed by atoms with E-state index < -0.39 is 6.10 Å². The number of carbonyl (C=O) groups excluding carboxylic acids is 2. The molecule has 0 bridgehead atoms. The normalized spacial score (nSPS) is 16.1. The maximum atomic E-state index is 13.4. The molecule has 0 spiro atoms. The molecule has 0 saturated heterocycles. The van der Waals surface area contributed by atoms with Gasteiger partial charge in [0.05, 0.1) is 12.1 Å². The van der Waals surface area contributed by atoms with Crippen LogP contribution in [0.3, 0.4) is 0 Å². The summed E-state index contributed by atoms with van der Waals surface area (Å²) in [7, 11) is 0. The van der Waals surface area contributed by atoms with Gasteiger partial charge >= 0.3 is 0 Å². The van der Waals surface area contributed by atoms with Crippen LogP contribution in [0, 0.1) is 18.8 Å². The predicted molar refractivity (Wildman–Crippen MR) is 148 cm³/mol. The molecule has 2 amide bonds. The van der Waals surface area contributed by atoms with E-state index in [-0.39, 0.29) is 17.9 Å². The van der Waals surface area contributed by atoms with Crippen LogP contribution in [0.1, 0.15) is 112 Å². The third kappa shape index (κ3) is 10.2. The number of rotatable bonds is 15. The van der Waals surface area contributed by atoms with Crippen LogP contribution >= 0.6 is 0 Å². The summed E-state index contributed by atoms with van der Waals surface area (Å²) in [6.45, 7) is 13.2. The van der Waals surface area contributed by atoms with E-state index in [4.69, 9.17) is 0 Å². The Hall–Kier alpha value is -1.92. The maximum absolute atomic E-state index is 13.4. The van der Waals surface area contributed by atoms with Crippen LogP contribution < -0.4 is 10.6 Å². The number of carbonyl (C=O) groups is 2. The van der Waals surface area contributed by atoms with E-state index in [2.05, 4.69) is 38.3 Å². The fourth-order valence-corrected chi connectivity index (χ4v) is 5.20. The van der Waals surface area contributed by atoms with E-state index in [0.717, 1.165) is 50.6 Å². The lowest BCUT2D eigenvalue weighted by Crippen LogP contribution is -2.48. The molecule has 6 nitrogen and oxygen atoms in total. The van der Waals surface area contributed by atoms with Crippen molar-refractivity contribution in [3.05, 3.63) is 34.9 Å². The minimum Gasteiger partial charge on any atom is -0.390 e. The van der Waals surface area contributed by atoms with Gasteiger partial charge in [-0.3, -0.25) is 9.59 Å². The lowest BCUT2D eigenvalue weighted by atomic mass is 9.83. The quantitative estimate of drug-likeness (QED) is 0.284. The molecule has 1 aliphatic rings. The zero-order chi connectivity index (χ0) is 26.5. The van der Waals surface area contributed by atoms with Crippen molar-refractivity contribution in [2.45, 2.75) is 105 Å². The second-order valence-corrected chi connectivity index (χ2v) is 11.2.